The molecule has 3 rings (SSSR count). The van der Waals surface area contributed by atoms with Crippen LogP contribution in [-0.2, 0) is 24.1 Å². The second-order valence-electron chi connectivity index (χ2n) is 4.61. The molecule has 21 heavy (non-hydrogen) atoms. The maximum atomic E-state index is 12.0. The summed E-state index contributed by atoms with van der Waals surface area (Å²) in [5.41, 5.74) is 4.94. The summed E-state index contributed by atoms with van der Waals surface area (Å²) in [5, 5.41) is 0. The predicted molar refractivity (Wildman–Crippen MR) is 90.8 cm³/mol. The van der Waals surface area contributed by atoms with Gasteiger partial charge in [-0.15, -0.1) is 0 Å². The van der Waals surface area contributed by atoms with Gasteiger partial charge >= 0.3 is 0 Å². The zero-order chi connectivity index (χ0) is 15.7. The van der Waals surface area contributed by atoms with Gasteiger partial charge in [-0.25, -0.2) is 0 Å². The molecule has 0 fully saturated rings. The summed E-state index contributed by atoms with van der Waals surface area (Å²) in [5.74, 6) is 0.310. The molecule has 0 bridgehead atoms. The Kier molecular flexibility index (Phi) is 7.45. The molecule has 0 aromatic heterocycles. The molecule has 1 heteroatoms. The monoisotopic (exact) mass is 282 g/mol. The van der Waals surface area contributed by atoms with E-state index in [-0.39, 0.29) is 0 Å². The van der Waals surface area contributed by atoms with Crippen molar-refractivity contribution in [2.75, 3.05) is 0 Å². The first-order valence-corrected chi connectivity index (χ1v) is 7.98. The molecule has 1 aliphatic carbocycles. The molecule has 0 atom stereocenters. The fraction of sp³-hybridized carbons (Fsp3) is 0.350. The average molecular weight is 282 g/mol. The van der Waals surface area contributed by atoms with Gasteiger partial charge in [0.05, 0.1) is 0 Å². The van der Waals surface area contributed by atoms with Gasteiger partial charge in [0.1, 0.15) is 5.78 Å². The van der Waals surface area contributed by atoms with Crippen LogP contribution in [-0.4, -0.2) is 5.78 Å². The largest absolute Gasteiger partial charge is 0.299 e. The summed E-state index contributed by atoms with van der Waals surface area (Å²) in [6.45, 7) is 8.00. The van der Waals surface area contributed by atoms with Crippen molar-refractivity contribution in [3.05, 3.63) is 70.8 Å². The highest BCUT2D eigenvalue weighted by molar-refractivity contribution is 5.84. The minimum absolute atomic E-state index is 0.310. The van der Waals surface area contributed by atoms with Crippen LogP contribution in [0.1, 0.15) is 49.9 Å². The fourth-order valence-electron chi connectivity index (χ4n) is 2.50. The fourth-order valence-corrected chi connectivity index (χ4v) is 2.50. The van der Waals surface area contributed by atoms with Gasteiger partial charge in [-0.1, -0.05) is 76.2 Å². The molecule has 0 aliphatic heterocycles. The SMILES string of the molecule is CC.CC.O=C1Cc2ccccc2Cc2ccccc2C1. The summed E-state index contributed by atoms with van der Waals surface area (Å²) in [4.78, 5) is 12.0. The summed E-state index contributed by atoms with van der Waals surface area (Å²) in [7, 11) is 0. The number of ketones is 1. The van der Waals surface area contributed by atoms with Gasteiger partial charge in [-0.3, -0.25) is 4.79 Å². The van der Waals surface area contributed by atoms with Crippen LogP contribution < -0.4 is 0 Å². The number of hydrogen-bond acceptors (Lipinski definition) is 1. The van der Waals surface area contributed by atoms with Gasteiger partial charge in [0, 0.05) is 12.8 Å². The van der Waals surface area contributed by atoms with Gasteiger partial charge < -0.3 is 0 Å². The van der Waals surface area contributed by atoms with Crippen LogP contribution in [0.15, 0.2) is 48.5 Å². The molecule has 1 aliphatic rings. The summed E-state index contributed by atoms with van der Waals surface area (Å²) in [6, 6.07) is 16.5. The van der Waals surface area contributed by atoms with Crippen LogP contribution in [0.2, 0.25) is 0 Å². The van der Waals surface area contributed by atoms with E-state index in [1.807, 2.05) is 52.0 Å². The molecular formula is C20H26O. The van der Waals surface area contributed by atoms with E-state index in [1.54, 1.807) is 0 Å². The first kappa shape index (κ1) is 17.2. The molecule has 0 saturated heterocycles. The Labute approximate surface area is 129 Å². The van der Waals surface area contributed by atoms with Crippen molar-refractivity contribution in [1.29, 1.82) is 0 Å². The number of carbonyl (C=O) groups excluding carboxylic acids is 1. The van der Waals surface area contributed by atoms with Crippen LogP contribution in [0.3, 0.4) is 0 Å². The third-order valence-electron chi connectivity index (χ3n) is 3.39. The number of fused-ring (bicyclic) bond motifs is 2. The van der Waals surface area contributed by atoms with E-state index in [0.717, 1.165) is 6.42 Å². The van der Waals surface area contributed by atoms with Gasteiger partial charge in [0.15, 0.2) is 0 Å². The molecule has 0 saturated carbocycles. The zero-order valence-electron chi connectivity index (χ0n) is 13.6. The average Bonchev–Trinajstić information content (AvgIpc) is 2.53. The predicted octanol–water partition coefficient (Wildman–Crippen LogP) is 5.00. The Balaban J connectivity index is 0.000000510. The number of carbonyl (C=O) groups is 1. The Hall–Kier alpha value is -1.89. The van der Waals surface area contributed by atoms with Crippen molar-refractivity contribution in [2.45, 2.75) is 47.0 Å². The van der Waals surface area contributed by atoms with E-state index in [2.05, 4.69) is 24.3 Å². The topological polar surface area (TPSA) is 17.1 Å². The molecule has 0 heterocycles. The van der Waals surface area contributed by atoms with Crippen molar-refractivity contribution in [1.82, 2.24) is 0 Å². The van der Waals surface area contributed by atoms with Gasteiger partial charge in [0.25, 0.3) is 0 Å². The Morgan fingerprint density at radius 2 is 0.857 bits per heavy atom. The van der Waals surface area contributed by atoms with Gasteiger partial charge in [-0.05, 0) is 28.7 Å². The summed E-state index contributed by atoms with van der Waals surface area (Å²) in [6.07, 6.45) is 2.09. The Bertz CT molecular complexity index is 520. The third kappa shape index (κ3) is 4.56. The maximum absolute atomic E-state index is 12.0. The minimum atomic E-state index is 0.310. The molecule has 0 N–H and O–H groups in total. The zero-order valence-corrected chi connectivity index (χ0v) is 13.6. The lowest BCUT2D eigenvalue weighted by Crippen LogP contribution is -2.13. The molecule has 112 valence electrons. The molecular weight excluding hydrogens is 256 g/mol. The quantitative estimate of drug-likeness (QED) is 0.664. The van der Waals surface area contributed by atoms with Crippen LogP contribution >= 0.6 is 0 Å². The highest BCUT2D eigenvalue weighted by Crippen LogP contribution is 2.22. The molecule has 2 aromatic carbocycles. The molecule has 0 unspecified atom stereocenters. The Morgan fingerprint density at radius 1 is 0.571 bits per heavy atom. The normalized spacial score (nSPS) is 12.3. The summed E-state index contributed by atoms with van der Waals surface area (Å²) >= 11 is 0. The van der Waals surface area contributed by atoms with E-state index in [4.69, 9.17) is 0 Å². The van der Waals surface area contributed by atoms with E-state index in [9.17, 15) is 4.79 Å². The Morgan fingerprint density at radius 3 is 1.19 bits per heavy atom. The van der Waals surface area contributed by atoms with E-state index >= 15 is 0 Å². The maximum Gasteiger partial charge on any atom is 0.141 e. The van der Waals surface area contributed by atoms with Crippen LogP contribution in [0.25, 0.3) is 0 Å². The van der Waals surface area contributed by atoms with E-state index < -0.39 is 0 Å². The van der Waals surface area contributed by atoms with Crippen LogP contribution in [0, 0.1) is 0 Å². The lowest BCUT2D eigenvalue weighted by molar-refractivity contribution is -0.117. The number of Topliss-reactive ketones (excluding diaryl/α,β-unsaturated/α-hetero) is 1. The highest BCUT2D eigenvalue weighted by atomic mass is 16.1. The number of rotatable bonds is 0. The van der Waals surface area contributed by atoms with E-state index in [0.29, 0.717) is 18.6 Å². The van der Waals surface area contributed by atoms with Crippen molar-refractivity contribution in [3.8, 4) is 0 Å². The third-order valence-corrected chi connectivity index (χ3v) is 3.39. The second-order valence-corrected chi connectivity index (χ2v) is 4.61. The first-order valence-electron chi connectivity index (χ1n) is 7.98. The molecule has 1 nitrogen and oxygen atoms in total. The molecule has 0 radical (unpaired) electrons. The lowest BCUT2D eigenvalue weighted by atomic mass is 9.88. The molecule has 2 aromatic rings. The van der Waals surface area contributed by atoms with Crippen molar-refractivity contribution < 1.29 is 4.79 Å². The second kappa shape index (κ2) is 9.12. The van der Waals surface area contributed by atoms with Gasteiger partial charge in [0.2, 0.25) is 0 Å². The van der Waals surface area contributed by atoms with E-state index in [1.165, 1.54) is 22.3 Å². The van der Waals surface area contributed by atoms with Gasteiger partial charge in [-0.2, -0.15) is 0 Å². The van der Waals surface area contributed by atoms with Crippen LogP contribution in [0.5, 0.6) is 0 Å². The number of benzene rings is 2. The smallest absolute Gasteiger partial charge is 0.141 e. The van der Waals surface area contributed by atoms with Crippen molar-refractivity contribution in [3.63, 3.8) is 0 Å². The van der Waals surface area contributed by atoms with Crippen LogP contribution in [0.4, 0.5) is 0 Å². The highest BCUT2D eigenvalue weighted by Gasteiger charge is 2.15. The standard InChI is InChI=1S/C16H14O.2C2H6/c17-16-10-14-7-3-1-5-12(14)9-13-6-2-4-8-15(13)11-16;2*1-2/h1-8H,9-11H2;2*1-2H3. The van der Waals surface area contributed by atoms with Crippen molar-refractivity contribution >= 4 is 5.78 Å². The lowest BCUT2D eigenvalue weighted by Gasteiger charge is -2.16. The number of hydrogen-bond donors (Lipinski definition) is 0. The molecule has 0 amide bonds. The minimum Gasteiger partial charge on any atom is -0.299 e. The van der Waals surface area contributed by atoms with Crippen molar-refractivity contribution in [2.24, 2.45) is 0 Å². The first-order chi connectivity index (χ1) is 10.3. The molecule has 0 spiro atoms. The summed E-state index contributed by atoms with van der Waals surface area (Å²) < 4.78 is 0.